The minimum absolute atomic E-state index is 0.177. The quantitative estimate of drug-likeness (QED) is 0.121. The number of thioether (sulfide) groups is 1. The van der Waals surface area contributed by atoms with Crippen LogP contribution in [0, 0.1) is 12.7 Å². The van der Waals surface area contributed by atoms with Crippen molar-refractivity contribution < 1.29 is 13.9 Å². The summed E-state index contributed by atoms with van der Waals surface area (Å²) in [6.07, 6.45) is 5.87. The van der Waals surface area contributed by atoms with Gasteiger partial charge in [0.2, 0.25) is 0 Å². The molecule has 5 rings (SSSR count). The lowest BCUT2D eigenvalue weighted by atomic mass is 10.0. The fraction of sp³-hybridized carbons (Fsp3) is 0.194. The van der Waals surface area contributed by atoms with Gasteiger partial charge in [-0.15, -0.1) is 0 Å². The van der Waals surface area contributed by atoms with Crippen molar-refractivity contribution in [3.05, 3.63) is 106 Å². The first-order valence-electron chi connectivity index (χ1n) is 12.8. The molecule has 0 saturated carbocycles. The van der Waals surface area contributed by atoms with Gasteiger partial charge in [-0.05, 0) is 73.0 Å². The zero-order chi connectivity index (χ0) is 27.4. The zero-order valence-electron chi connectivity index (χ0n) is 21.8. The maximum atomic E-state index is 13.4. The molecule has 0 unspecified atom stereocenters. The van der Waals surface area contributed by atoms with E-state index in [1.807, 2.05) is 66.3 Å². The number of benzene rings is 3. The predicted molar refractivity (Wildman–Crippen MR) is 159 cm³/mol. The number of aryl methyl sites for hydroxylation is 1. The number of hydrogen-bond acceptors (Lipinski definition) is 5. The van der Waals surface area contributed by atoms with Crippen LogP contribution in [0.2, 0.25) is 0 Å². The summed E-state index contributed by atoms with van der Waals surface area (Å²) in [7, 11) is 0. The third kappa shape index (κ3) is 6.13. The average Bonchev–Trinajstić information content (AvgIpc) is 3.48. The van der Waals surface area contributed by atoms with Crippen molar-refractivity contribution in [2.75, 3.05) is 6.61 Å². The van der Waals surface area contributed by atoms with Gasteiger partial charge in [-0.2, -0.15) is 5.10 Å². The molecule has 4 aromatic rings. The summed E-state index contributed by atoms with van der Waals surface area (Å²) in [5, 5.41) is 4.91. The molecule has 0 bridgehead atoms. The van der Waals surface area contributed by atoms with Crippen LogP contribution in [0.15, 0.2) is 83.9 Å². The van der Waals surface area contributed by atoms with E-state index in [0.717, 1.165) is 52.2 Å². The smallest absolute Gasteiger partial charge is 0.266 e. The first kappa shape index (κ1) is 26.8. The van der Waals surface area contributed by atoms with Crippen LogP contribution in [-0.2, 0) is 11.3 Å². The molecule has 0 aliphatic carbocycles. The van der Waals surface area contributed by atoms with Crippen molar-refractivity contribution >= 4 is 40.3 Å². The lowest BCUT2D eigenvalue weighted by molar-refractivity contribution is -0.122. The van der Waals surface area contributed by atoms with Gasteiger partial charge >= 0.3 is 0 Å². The number of hydrogen-bond donors (Lipinski definition) is 0. The van der Waals surface area contributed by atoms with E-state index in [1.165, 1.54) is 23.9 Å². The second-order valence-corrected chi connectivity index (χ2v) is 11.0. The highest BCUT2D eigenvalue weighted by atomic mass is 32.2. The third-order valence-corrected chi connectivity index (χ3v) is 7.76. The fourth-order valence-electron chi connectivity index (χ4n) is 4.27. The lowest BCUT2D eigenvalue weighted by Gasteiger charge is -2.14. The second kappa shape index (κ2) is 12.0. The largest absolute Gasteiger partial charge is 0.493 e. The van der Waals surface area contributed by atoms with Gasteiger partial charge in [0.15, 0.2) is 0 Å². The normalized spacial score (nSPS) is 14.4. The van der Waals surface area contributed by atoms with Gasteiger partial charge in [-0.1, -0.05) is 67.7 Å². The number of nitrogens with zero attached hydrogens (tertiary/aromatic N) is 3. The summed E-state index contributed by atoms with van der Waals surface area (Å²) in [4.78, 5) is 15.4. The van der Waals surface area contributed by atoms with Crippen molar-refractivity contribution in [3.63, 3.8) is 0 Å². The van der Waals surface area contributed by atoms with E-state index < -0.39 is 0 Å². The highest BCUT2D eigenvalue weighted by molar-refractivity contribution is 8.26. The lowest BCUT2D eigenvalue weighted by Crippen LogP contribution is -2.27. The summed E-state index contributed by atoms with van der Waals surface area (Å²) < 4.78 is 21.6. The minimum Gasteiger partial charge on any atom is -0.493 e. The minimum atomic E-state index is -0.317. The van der Waals surface area contributed by atoms with E-state index in [2.05, 4.69) is 13.0 Å². The van der Waals surface area contributed by atoms with E-state index in [1.54, 1.807) is 17.0 Å². The van der Waals surface area contributed by atoms with Crippen LogP contribution in [0.5, 0.6) is 5.75 Å². The molecular weight excluding hydrogens is 529 g/mol. The van der Waals surface area contributed by atoms with Crippen LogP contribution in [0.1, 0.15) is 36.5 Å². The van der Waals surface area contributed by atoms with Crippen molar-refractivity contribution in [2.45, 2.75) is 33.2 Å². The Bertz CT molecular complexity index is 1530. The molecule has 5 nitrogen and oxygen atoms in total. The first-order chi connectivity index (χ1) is 18.9. The monoisotopic (exact) mass is 557 g/mol. The molecular formula is C31H28FN3O2S2. The third-order valence-electron chi connectivity index (χ3n) is 6.38. The van der Waals surface area contributed by atoms with E-state index >= 15 is 0 Å². The number of amides is 1. The number of ether oxygens (including phenoxy) is 1. The Kier molecular flexibility index (Phi) is 8.24. The van der Waals surface area contributed by atoms with E-state index in [4.69, 9.17) is 22.1 Å². The van der Waals surface area contributed by atoms with Gasteiger partial charge in [-0.3, -0.25) is 9.69 Å². The molecule has 0 radical (unpaired) electrons. The Morgan fingerprint density at radius 3 is 2.56 bits per heavy atom. The van der Waals surface area contributed by atoms with Crippen molar-refractivity contribution in [3.8, 4) is 22.7 Å². The molecule has 198 valence electrons. The zero-order valence-corrected chi connectivity index (χ0v) is 23.4. The second-order valence-electron chi connectivity index (χ2n) is 9.29. The topological polar surface area (TPSA) is 47.4 Å². The standard InChI is InChI=1S/C31H28FN3O2S2/c1-3-4-16-37-27-15-12-23(17-21(27)2)29-24(20-35(33-29)26-8-6-5-7-9-26)18-28-30(36)34(31(38)39-28)19-22-10-13-25(32)14-11-22/h5-15,17-18,20H,3-4,16,19H2,1-2H3. The molecule has 1 aromatic heterocycles. The Morgan fingerprint density at radius 2 is 1.85 bits per heavy atom. The van der Waals surface area contributed by atoms with Crippen molar-refractivity contribution in [1.29, 1.82) is 0 Å². The van der Waals surface area contributed by atoms with E-state index in [-0.39, 0.29) is 18.3 Å². The first-order valence-corrected chi connectivity index (χ1v) is 14.0. The maximum Gasteiger partial charge on any atom is 0.266 e. The highest BCUT2D eigenvalue weighted by Crippen LogP contribution is 2.36. The van der Waals surface area contributed by atoms with Gasteiger partial charge in [-0.25, -0.2) is 9.07 Å². The van der Waals surface area contributed by atoms with Gasteiger partial charge in [0.05, 0.1) is 23.7 Å². The van der Waals surface area contributed by atoms with Crippen LogP contribution in [0.25, 0.3) is 23.0 Å². The van der Waals surface area contributed by atoms with E-state index in [9.17, 15) is 9.18 Å². The number of para-hydroxylation sites is 1. The van der Waals surface area contributed by atoms with Gasteiger partial charge < -0.3 is 4.74 Å². The maximum absolute atomic E-state index is 13.4. The number of carbonyl (C=O) groups excluding carboxylic acids is 1. The van der Waals surface area contributed by atoms with E-state index in [0.29, 0.717) is 15.8 Å². The summed E-state index contributed by atoms with van der Waals surface area (Å²) in [5.41, 5.74) is 5.24. The Hall–Kier alpha value is -3.75. The van der Waals surface area contributed by atoms with Crippen molar-refractivity contribution in [1.82, 2.24) is 14.7 Å². The molecule has 0 atom stereocenters. The summed E-state index contributed by atoms with van der Waals surface area (Å²) in [5.74, 6) is 0.365. The molecule has 1 fully saturated rings. The van der Waals surface area contributed by atoms with Crippen LogP contribution in [0.3, 0.4) is 0 Å². The number of thiocarbonyl (C=S) groups is 1. The fourth-order valence-corrected chi connectivity index (χ4v) is 5.51. The molecule has 39 heavy (non-hydrogen) atoms. The Labute approximate surface area is 237 Å². The molecule has 0 spiro atoms. The van der Waals surface area contributed by atoms with Crippen LogP contribution in [-0.4, -0.2) is 31.5 Å². The summed E-state index contributed by atoms with van der Waals surface area (Å²) >= 11 is 6.80. The molecule has 2 heterocycles. The van der Waals surface area contributed by atoms with Crippen LogP contribution in [0.4, 0.5) is 4.39 Å². The van der Waals surface area contributed by atoms with Crippen LogP contribution < -0.4 is 4.74 Å². The molecule has 8 heteroatoms. The Balaban J connectivity index is 1.49. The SMILES string of the molecule is CCCCOc1ccc(-c2nn(-c3ccccc3)cc2C=C2SC(=S)N(Cc3ccc(F)cc3)C2=O)cc1C. The number of halogens is 1. The molecule has 1 amide bonds. The van der Waals surface area contributed by atoms with Gasteiger partial charge in [0, 0.05) is 17.3 Å². The van der Waals surface area contributed by atoms with Crippen LogP contribution >= 0.6 is 24.0 Å². The number of carbonyl (C=O) groups is 1. The molecule has 1 aliphatic heterocycles. The van der Waals surface area contributed by atoms with Crippen molar-refractivity contribution in [2.24, 2.45) is 0 Å². The molecule has 1 aliphatic rings. The van der Waals surface area contributed by atoms with Gasteiger partial charge in [0.1, 0.15) is 21.6 Å². The highest BCUT2D eigenvalue weighted by Gasteiger charge is 2.32. The summed E-state index contributed by atoms with van der Waals surface area (Å²) in [6, 6.07) is 22.0. The summed E-state index contributed by atoms with van der Waals surface area (Å²) in [6.45, 7) is 5.14. The molecule has 0 N–H and O–H groups in total. The molecule has 3 aromatic carbocycles. The molecule has 1 saturated heterocycles. The number of aromatic nitrogens is 2. The number of rotatable bonds is 9. The van der Waals surface area contributed by atoms with Gasteiger partial charge in [0.25, 0.3) is 5.91 Å². The Morgan fingerprint density at radius 1 is 1.08 bits per heavy atom. The predicted octanol–water partition coefficient (Wildman–Crippen LogP) is 7.57. The number of unbranched alkanes of at least 4 members (excludes halogenated alkanes) is 1. The average molecular weight is 558 g/mol.